The molecule has 0 aromatic rings. The number of rotatable bonds is 0. The molecule has 2 nitrogen and oxygen atoms in total. The first kappa shape index (κ1) is 9.49. The van der Waals surface area contributed by atoms with Gasteiger partial charge >= 0.3 is 0 Å². The van der Waals surface area contributed by atoms with Crippen LogP contribution in [0, 0.1) is 5.41 Å². The molecule has 0 spiro atoms. The van der Waals surface area contributed by atoms with Crippen LogP contribution in [-0.4, -0.2) is 30.1 Å². The highest BCUT2D eigenvalue weighted by Gasteiger charge is 2.32. The number of nitrogens with zero attached hydrogens (tertiary/aromatic N) is 1. The average molecular weight is 173 g/mol. The maximum Gasteiger partial charge on any atom is 0.228 e. The first-order chi connectivity index (χ1) is 5.41. The van der Waals surface area contributed by atoms with Crippen molar-refractivity contribution in [2.24, 2.45) is 5.41 Å². The van der Waals surface area contributed by atoms with Crippen molar-refractivity contribution in [3.63, 3.8) is 0 Å². The summed E-state index contributed by atoms with van der Waals surface area (Å²) < 4.78 is 12.7. The standard InChI is InChI=1S/C9H16FNO/c1-9(2,3)8(12)11-5-4-7(10)6-11/h7H,4-6H2,1-3H3/t7-/m0/s1. The minimum atomic E-state index is -0.809. The Balaban J connectivity index is 2.55. The molecule has 0 aromatic heterocycles. The van der Waals surface area contributed by atoms with Crippen molar-refractivity contribution < 1.29 is 9.18 Å². The van der Waals surface area contributed by atoms with E-state index in [0.717, 1.165) is 0 Å². The molecule has 1 rings (SSSR count). The molecular weight excluding hydrogens is 157 g/mol. The molecule has 3 heteroatoms. The molecular formula is C9H16FNO. The van der Waals surface area contributed by atoms with Gasteiger partial charge in [-0.15, -0.1) is 0 Å². The van der Waals surface area contributed by atoms with Gasteiger partial charge in [0.1, 0.15) is 6.17 Å². The summed E-state index contributed by atoms with van der Waals surface area (Å²) in [6.07, 6.45) is -0.307. The van der Waals surface area contributed by atoms with E-state index >= 15 is 0 Å². The van der Waals surface area contributed by atoms with Gasteiger partial charge < -0.3 is 4.90 Å². The van der Waals surface area contributed by atoms with E-state index in [9.17, 15) is 9.18 Å². The monoisotopic (exact) mass is 173 g/mol. The highest BCUT2D eigenvalue weighted by Crippen LogP contribution is 2.21. The van der Waals surface area contributed by atoms with E-state index in [1.54, 1.807) is 4.90 Å². The summed E-state index contributed by atoms with van der Waals surface area (Å²) in [7, 11) is 0. The molecule has 0 N–H and O–H groups in total. The molecule has 1 atom stereocenters. The molecule has 1 saturated heterocycles. The number of hydrogen-bond donors (Lipinski definition) is 0. The Bertz CT molecular complexity index is 185. The van der Waals surface area contributed by atoms with Crippen molar-refractivity contribution >= 4 is 5.91 Å². The summed E-state index contributed by atoms with van der Waals surface area (Å²) >= 11 is 0. The largest absolute Gasteiger partial charge is 0.339 e. The van der Waals surface area contributed by atoms with Crippen LogP contribution >= 0.6 is 0 Å². The Morgan fingerprint density at radius 1 is 1.50 bits per heavy atom. The lowest BCUT2D eigenvalue weighted by Gasteiger charge is -2.24. The number of hydrogen-bond acceptors (Lipinski definition) is 1. The van der Waals surface area contributed by atoms with Crippen molar-refractivity contribution in [1.82, 2.24) is 4.90 Å². The lowest BCUT2D eigenvalue weighted by Crippen LogP contribution is -2.38. The molecule has 0 aliphatic carbocycles. The number of carbonyl (C=O) groups excluding carboxylic acids is 1. The average Bonchev–Trinajstić information content (AvgIpc) is 2.32. The Morgan fingerprint density at radius 3 is 2.42 bits per heavy atom. The molecule has 12 heavy (non-hydrogen) atoms. The lowest BCUT2D eigenvalue weighted by atomic mass is 9.95. The van der Waals surface area contributed by atoms with E-state index in [1.165, 1.54) is 0 Å². The number of likely N-dealkylation sites (tertiary alicyclic amines) is 1. The summed E-state index contributed by atoms with van der Waals surface area (Å²) in [5.41, 5.74) is -0.371. The van der Waals surface area contributed by atoms with Gasteiger partial charge in [0.25, 0.3) is 0 Å². The van der Waals surface area contributed by atoms with Crippen molar-refractivity contribution in [2.45, 2.75) is 33.4 Å². The van der Waals surface area contributed by atoms with Crippen LogP contribution < -0.4 is 0 Å². The predicted molar refractivity (Wildman–Crippen MR) is 45.5 cm³/mol. The maximum absolute atomic E-state index is 12.7. The fourth-order valence-electron chi connectivity index (χ4n) is 1.38. The van der Waals surface area contributed by atoms with Gasteiger partial charge in [0.05, 0.1) is 6.54 Å². The summed E-state index contributed by atoms with van der Waals surface area (Å²) in [6.45, 7) is 6.45. The van der Waals surface area contributed by atoms with Crippen LogP contribution in [0.1, 0.15) is 27.2 Å². The van der Waals surface area contributed by atoms with Crippen molar-refractivity contribution in [1.29, 1.82) is 0 Å². The van der Waals surface area contributed by atoms with Crippen LogP contribution in [0.25, 0.3) is 0 Å². The molecule has 0 aromatic carbocycles. The topological polar surface area (TPSA) is 20.3 Å². The highest BCUT2D eigenvalue weighted by molar-refractivity contribution is 5.81. The van der Waals surface area contributed by atoms with Crippen LogP contribution in [0.4, 0.5) is 4.39 Å². The minimum absolute atomic E-state index is 0.0580. The quantitative estimate of drug-likeness (QED) is 0.545. The van der Waals surface area contributed by atoms with Crippen LogP contribution in [0.2, 0.25) is 0 Å². The van der Waals surface area contributed by atoms with Gasteiger partial charge in [-0.1, -0.05) is 20.8 Å². The second-order valence-electron chi connectivity index (χ2n) is 4.39. The smallest absolute Gasteiger partial charge is 0.228 e. The van der Waals surface area contributed by atoms with Gasteiger partial charge in [0, 0.05) is 12.0 Å². The summed E-state index contributed by atoms with van der Waals surface area (Å²) in [5.74, 6) is 0.0580. The van der Waals surface area contributed by atoms with Crippen molar-refractivity contribution in [3.8, 4) is 0 Å². The van der Waals surface area contributed by atoms with Gasteiger partial charge in [0.2, 0.25) is 5.91 Å². The van der Waals surface area contributed by atoms with E-state index in [4.69, 9.17) is 0 Å². The second kappa shape index (κ2) is 3.04. The molecule has 70 valence electrons. The zero-order valence-electron chi connectivity index (χ0n) is 7.93. The predicted octanol–water partition coefficient (Wildman–Crippen LogP) is 1.60. The lowest BCUT2D eigenvalue weighted by molar-refractivity contribution is -0.138. The molecule has 1 aliphatic rings. The van der Waals surface area contributed by atoms with E-state index < -0.39 is 6.17 Å². The Labute approximate surface area is 72.7 Å². The molecule has 0 unspecified atom stereocenters. The normalized spacial score (nSPS) is 24.7. The fourth-order valence-corrected chi connectivity index (χ4v) is 1.38. The van der Waals surface area contributed by atoms with Crippen LogP contribution in [0.15, 0.2) is 0 Å². The Kier molecular flexibility index (Phi) is 2.40. The first-order valence-corrected chi connectivity index (χ1v) is 4.34. The van der Waals surface area contributed by atoms with Crippen LogP contribution in [0.3, 0.4) is 0 Å². The van der Waals surface area contributed by atoms with Gasteiger partial charge in [-0.05, 0) is 6.42 Å². The van der Waals surface area contributed by atoms with Gasteiger partial charge in [-0.3, -0.25) is 4.79 Å². The van der Waals surface area contributed by atoms with Crippen LogP contribution in [0.5, 0.6) is 0 Å². The molecule has 1 aliphatic heterocycles. The Morgan fingerprint density at radius 2 is 2.08 bits per heavy atom. The van der Waals surface area contributed by atoms with E-state index in [2.05, 4.69) is 0 Å². The van der Waals surface area contributed by atoms with E-state index in [-0.39, 0.29) is 17.9 Å². The van der Waals surface area contributed by atoms with E-state index in [1.807, 2.05) is 20.8 Å². The highest BCUT2D eigenvalue weighted by atomic mass is 19.1. The van der Waals surface area contributed by atoms with E-state index in [0.29, 0.717) is 13.0 Å². The minimum Gasteiger partial charge on any atom is -0.339 e. The molecule has 0 bridgehead atoms. The number of amides is 1. The molecule has 0 radical (unpaired) electrons. The van der Waals surface area contributed by atoms with Crippen LogP contribution in [-0.2, 0) is 4.79 Å². The molecule has 1 fully saturated rings. The number of carbonyl (C=O) groups is 1. The van der Waals surface area contributed by atoms with Crippen molar-refractivity contribution in [3.05, 3.63) is 0 Å². The summed E-state index contributed by atoms with van der Waals surface area (Å²) in [4.78, 5) is 13.2. The SMILES string of the molecule is CC(C)(C)C(=O)N1CC[C@H](F)C1. The number of halogens is 1. The van der Waals surface area contributed by atoms with Crippen molar-refractivity contribution in [2.75, 3.05) is 13.1 Å². The second-order valence-corrected chi connectivity index (χ2v) is 4.39. The third kappa shape index (κ3) is 1.96. The third-order valence-electron chi connectivity index (χ3n) is 2.06. The number of alkyl halides is 1. The van der Waals surface area contributed by atoms with Gasteiger partial charge in [-0.25, -0.2) is 4.39 Å². The van der Waals surface area contributed by atoms with Gasteiger partial charge in [-0.2, -0.15) is 0 Å². The fraction of sp³-hybridized carbons (Fsp3) is 0.889. The molecule has 1 heterocycles. The third-order valence-corrected chi connectivity index (χ3v) is 2.06. The van der Waals surface area contributed by atoms with Gasteiger partial charge in [0.15, 0.2) is 0 Å². The zero-order valence-corrected chi connectivity index (χ0v) is 7.93. The molecule has 1 amide bonds. The Hall–Kier alpha value is -0.600. The first-order valence-electron chi connectivity index (χ1n) is 4.34. The summed E-state index contributed by atoms with van der Waals surface area (Å²) in [6, 6.07) is 0. The summed E-state index contributed by atoms with van der Waals surface area (Å²) in [5, 5.41) is 0. The molecule has 0 saturated carbocycles. The maximum atomic E-state index is 12.7. The zero-order chi connectivity index (χ0) is 9.35.